The van der Waals surface area contributed by atoms with Crippen molar-refractivity contribution in [1.82, 2.24) is 0 Å². The predicted molar refractivity (Wildman–Crippen MR) is 71.2 cm³/mol. The molecule has 0 spiro atoms. The van der Waals surface area contributed by atoms with Gasteiger partial charge in [0.1, 0.15) is 0 Å². The molecular weight excluding hydrogens is 244 g/mol. The van der Waals surface area contributed by atoms with Crippen LogP contribution < -0.4 is 0 Å². The van der Waals surface area contributed by atoms with Gasteiger partial charge >= 0.3 is 11.9 Å². The van der Waals surface area contributed by atoms with Crippen LogP contribution in [0, 0.1) is 17.8 Å². The van der Waals surface area contributed by atoms with Crippen molar-refractivity contribution in [3.63, 3.8) is 0 Å². The molecular formula is C15H22O4. The molecule has 1 unspecified atom stereocenters. The first kappa shape index (κ1) is 15.6. The van der Waals surface area contributed by atoms with Crippen molar-refractivity contribution in [2.24, 2.45) is 5.92 Å². The molecule has 0 N–H and O–H groups in total. The van der Waals surface area contributed by atoms with Crippen LogP contribution in [0.1, 0.15) is 52.9 Å². The molecule has 0 radical (unpaired) electrons. The van der Waals surface area contributed by atoms with Gasteiger partial charge in [0.05, 0.1) is 5.92 Å². The van der Waals surface area contributed by atoms with Crippen molar-refractivity contribution in [2.45, 2.75) is 58.5 Å². The number of ether oxygens (including phenoxy) is 2. The third-order valence-corrected chi connectivity index (χ3v) is 3.42. The van der Waals surface area contributed by atoms with Gasteiger partial charge in [-0.2, -0.15) is 0 Å². The van der Waals surface area contributed by atoms with E-state index in [1.807, 2.05) is 6.92 Å². The third kappa shape index (κ3) is 4.59. The number of carbonyl (C=O) groups excluding carboxylic acids is 2. The summed E-state index contributed by atoms with van der Waals surface area (Å²) in [5.41, 5.74) is -0.658. The largest absolute Gasteiger partial charge is 0.453 e. The van der Waals surface area contributed by atoms with Crippen LogP contribution in [-0.4, -0.2) is 24.1 Å². The molecule has 1 saturated carbocycles. The molecule has 0 aromatic rings. The fourth-order valence-corrected chi connectivity index (χ4v) is 2.11. The van der Waals surface area contributed by atoms with E-state index in [0.717, 1.165) is 25.7 Å². The summed E-state index contributed by atoms with van der Waals surface area (Å²) in [6, 6.07) is 0. The highest BCUT2D eigenvalue weighted by Crippen LogP contribution is 2.32. The zero-order chi connectivity index (χ0) is 14.3. The molecule has 19 heavy (non-hydrogen) atoms. The van der Waals surface area contributed by atoms with Crippen molar-refractivity contribution < 1.29 is 19.1 Å². The van der Waals surface area contributed by atoms with Crippen LogP contribution in [0.5, 0.6) is 0 Å². The Kier molecular flexibility index (Phi) is 5.88. The standard InChI is InChI=1S/C15H22O4/c1-4-8-15(9-6-7-10-15)19-13(16)11-18-14(17)12(3)5-2/h12H,5-7,9-11H2,1-3H3. The summed E-state index contributed by atoms with van der Waals surface area (Å²) in [7, 11) is 0. The van der Waals surface area contributed by atoms with Crippen LogP contribution in [-0.2, 0) is 19.1 Å². The summed E-state index contributed by atoms with van der Waals surface area (Å²) in [5.74, 6) is 4.73. The summed E-state index contributed by atoms with van der Waals surface area (Å²) in [6.07, 6.45) is 4.24. The van der Waals surface area contributed by atoms with Crippen LogP contribution in [0.15, 0.2) is 0 Å². The molecule has 1 aliphatic rings. The highest BCUT2D eigenvalue weighted by Gasteiger charge is 2.36. The van der Waals surface area contributed by atoms with Gasteiger partial charge in [0.25, 0.3) is 0 Å². The van der Waals surface area contributed by atoms with E-state index in [1.54, 1.807) is 13.8 Å². The van der Waals surface area contributed by atoms with Crippen molar-refractivity contribution in [1.29, 1.82) is 0 Å². The first-order valence-electron chi connectivity index (χ1n) is 6.85. The lowest BCUT2D eigenvalue weighted by atomic mass is 10.0. The van der Waals surface area contributed by atoms with Gasteiger partial charge in [0.15, 0.2) is 12.2 Å². The van der Waals surface area contributed by atoms with Gasteiger partial charge < -0.3 is 9.47 Å². The molecule has 0 aromatic heterocycles. The highest BCUT2D eigenvalue weighted by atomic mass is 16.6. The first-order valence-corrected chi connectivity index (χ1v) is 6.85. The van der Waals surface area contributed by atoms with Crippen molar-refractivity contribution in [3.8, 4) is 11.8 Å². The minimum absolute atomic E-state index is 0.191. The monoisotopic (exact) mass is 266 g/mol. The molecule has 0 aliphatic heterocycles. The second kappa shape index (κ2) is 7.18. The highest BCUT2D eigenvalue weighted by molar-refractivity contribution is 5.78. The Hall–Kier alpha value is -1.50. The van der Waals surface area contributed by atoms with Gasteiger partial charge in [0.2, 0.25) is 0 Å². The normalized spacial score (nSPS) is 18.1. The zero-order valence-electron chi connectivity index (χ0n) is 12.0. The second-order valence-corrected chi connectivity index (χ2v) is 4.97. The lowest BCUT2D eigenvalue weighted by molar-refractivity contribution is -0.167. The molecule has 4 nitrogen and oxygen atoms in total. The number of carbonyl (C=O) groups is 2. The van der Waals surface area contributed by atoms with Crippen LogP contribution in [0.25, 0.3) is 0 Å². The van der Waals surface area contributed by atoms with Gasteiger partial charge in [-0.05, 0) is 39.0 Å². The van der Waals surface area contributed by atoms with Crippen molar-refractivity contribution in [3.05, 3.63) is 0 Å². The second-order valence-electron chi connectivity index (χ2n) is 4.97. The molecule has 0 heterocycles. The minimum Gasteiger partial charge on any atom is -0.453 e. The van der Waals surface area contributed by atoms with E-state index in [2.05, 4.69) is 11.8 Å². The number of hydrogen-bond acceptors (Lipinski definition) is 4. The summed E-state index contributed by atoms with van der Waals surface area (Å²) in [5, 5.41) is 0. The van der Waals surface area contributed by atoms with E-state index in [0.29, 0.717) is 6.42 Å². The van der Waals surface area contributed by atoms with Crippen LogP contribution >= 0.6 is 0 Å². The molecule has 0 aromatic carbocycles. The molecule has 1 fully saturated rings. The summed E-state index contributed by atoms with van der Waals surface area (Å²) >= 11 is 0. The average molecular weight is 266 g/mol. The topological polar surface area (TPSA) is 52.6 Å². The molecule has 4 heteroatoms. The molecule has 106 valence electrons. The van der Waals surface area contributed by atoms with E-state index in [4.69, 9.17) is 9.47 Å². The van der Waals surface area contributed by atoms with Crippen LogP contribution in [0.2, 0.25) is 0 Å². The number of hydrogen-bond donors (Lipinski definition) is 0. The van der Waals surface area contributed by atoms with Crippen LogP contribution in [0.3, 0.4) is 0 Å². The fraction of sp³-hybridized carbons (Fsp3) is 0.733. The van der Waals surface area contributed by atoms with Crippen LogP contribution in [0.4, 0.5) is 0 Å². The number of rotatable bonds is 5. The maximum Gasteiger partial charge on any atom is 0.345 e. The maximum absolute atomic E-state index is 11.7. The lowest BCUT2D eigenvalue weighted by Crippen LogP contribution is -2.33. The molecule has 1 atom stereocenters. The third-order valence-electron chi connectivity index (χ3n) is 3.42. The Balaban J connectivity index is 2.45. The van der Waals surface area contributed by atoms with Crippen molar-refractivity contribution in [2.75, 3.05) is 6.61 Å². The Labute approximate surface area is 114 Å². The Morgan fingerprint density at radius 3 is 2.47 bits per heavy atom. The van der Waals surface area contributed by atoms with E-state index in [1.165, 1.54) is 0 Å². The first-order chi connectivity index (χ1) is 9.03. The lowest BCUT2D eigenvalue weighted by Gasteiger charge is -2.23. The predicted octanol–water partition coefficient (Wildman–Crippen LogP) is 2.46. The molecule has 0 saturated heterocycles. The zero-order valence-corrected chi connectivity index (χ0v) is 12.0. The molecule has 1 rings (SSSR count). The SMILES string of the molecule is CC#CC1(OC(=O)COC(=O)C(C)CC)CCCC1. The Morgan fingerprint density at radius 1 is 1.32 bits per heavy atom. The van der Waals surface area contributed by atoms with E-state index in [-0.39, 0.29) is 18.5 Å². The van der Waals surface area contributed by atoms with E-state index >= 15 is 0 Å². The van der Waals surface area contributed by atoms with Gasteiger partial charge in [-0.1, -0.05) is 19.8 Å². The molecule has 0 bridgehead atoms. The van der Waals surface area contributed by atoms with E-state index < -0.39 is 11.6 Å². The van der Waals surface area contributed by atoms with Crippen molar-refractivity contribution >= 4 is 11.9 Å². The average Bonchev–Trinajstić information content (AvgIpc) is 2.83. The quantitative estimate of drug-likeness (QED) is 0.566. The maximum atomic E-state index is 11.7. The van der Waals surface area contributed by atoms with Gasteiger partial charge in [-0.3, -0.25) is 4.79 Å². The Morgan fingerprint density at radius 2 is 1.95 bits per heavy atom. The van der Waals surface area contributed by atoms with Gasteiger partial charge in [-0.15, -0.1) is 5.92 Å². The van der Waals surface area contributed by atoms with E-state index in [9.17, 15) is 9.59 Å². The van der Waals surface area contributed by atoms with Gasteiger partial charge in [0, 0.05) is 0 Å². The summed E-state index contributed by atoms with van der Waals surface area (Å²) < 4.78 is 10.3. The fourth-order valence-electron chi connectivity index (χ4n) is 2.11. The molecule has 1 aliphatic carbocycles. The summed E-state index contributed by atoms with van der Waals surface area (Å²) in [4.78, 5) is 23.2. The summed E-state index contributed by atoms with van der Waals surface area (Å²) in [6.45, 7) is 5.08. The Bertz CT molecular complexity index is 383. The minimum atomic E-state index is -0.658. The smallest absolute Gasteiger partial charge is 0.345 e. The molecule has 0 amide bonds. The van der Waals surface area contributed by atoms with Gasteiger partial charge in [-0.25, -0.2) is 4.79 Å². The number of esters is 2.